The van der Waals surface area contributed by atoms with E-state index >= 15 is 0 Å². The number of esters is 1. The van der Waals surface area contributed by atoms with Crippen LogP contribution in [0.2, 0.25) is 5.02 Å². The molecular formula is C22H26ClFKN2O2-. The summed E-state index contributed by atoms with van der Waals surface area (Å²) in [6, 6.07) is 10.9. The van der Waals surface area contributed by atoms with Gasteiger partial charge in [-0.05, 0) is 24.1 Å². The van der Waals surface area contributed by atoms with Crippen LogP contribution in [-0.2, 0) is 9.53 Å². The van der Waals surface area contributed by atoms with E-state index < -0.39 is 5.82 Å². The van der Waals surface area contributed by atoms with Gasteiger partial charge in [-0.25, -0.2) is 9.96 Å². The van der Waals surface area contributed by atoms with Gasteiger partial charge in [0, 0.05) is 6.42 Å². The minimum absolute atomic E-state index is 0. The van der Waals surface area contributed by atoms with E-state index in [1.165, 1.54) is 12.1 Å². The number of nitrogens with zero attached hydrogens (tertiary/aromatic N) is 1. The summed E-state index contributed by atoms with van der Waals surface area (Å²) in [6.45, 7) is 10.4. The molecule has 2 aromatic rings. The number of carbonyl (C=O) groups is 1. The number of aromatic nitrogens is 1. The molecule has 0 aliphatic rings. The number of pyridine rings is 1. The monoisotopic (exact) mass is 443 g/mol. The van der Waals surface area contributed by atoms with Crippen molar-refractivity contribution in [2.45, 2.75) is 46.1 Å². The second kappa shape index (κ2) is 19.1. The van der Waals surface area contributed by atoms with Crippen LogP contribution < -0.4 is 51.4 Å². The molecule has 1 unspecified atom stereocenters. The third kappa shape index (κ3) is 15.6. The second-order valence-corrected chi connectivity index (χ2v) is 6.04. The van der Waals surface area contributed by atoms with Gasteiger partial charge in [-0.15, -0.1) is 6.21 Å². The molecule has 29 heavy (non-hydrogen) atoms. The van der Waals surface area contributed by atoms with Gasteiger partial charge in [-0.3, -0.25) is 11.4 Å². The zero-order chi connectivity index (χ0) is 21.4. The van der Waals surface area contributed by atoms with Gasteiger partial charge >= 0.3 is 57.4 Å². The molecule has 7 heteroatoms. The van der Waals surface area contributed by atoms with Gasteiger partial charge < -0.3 is 15.1 Å². The first kappa shape index (κ1) is 30.3. The topological polar surface area (TPSA) is 63.0 Å². The van der Waals surface area contributed by atoms with Crippen LogP contribution in [0.15, 0.2) is 48.3 Å². The number of ether oxygens (including phenoxy) is 1. The molecule has 0 saturated heterocycles. The minimum Gasteiger partial charge on any atom is -0.457 e. The Morgan fingerprint density at radius 2 is 1.97 bits per heavy atom. The van der Waals surface area contributed by atoms with E-state index in [4.69, 9.17) is 28.3 Å². The molecule has 152 valence electrons. The van der Waals surface area contributed by atoms with E-state index in [0.29, 0.717) is 24.0 Å². The molecule has 0 aliphatic heterocycles. The first-order valence-corrected chi connectivity index (χ1v) is 9.23. The zero-order valence-corrected chi connectivity index (χ0v) is 21.3. The van der Waals surface area contributed by atoms with Gasteiger partial charge in [0.2, 0.25) is 0 Å². The molecule has 0 bridgehead atoms. The van der Waals surface area contributed by atoms with Gasteiger partial charge in [0.15, 0.2) is 0 Å². The largest absolute Gasteiger partial charge is 1.00 e. The van der Waals surface area contributed by atoms with E-state index in [0.717, 1.165) is 12.6 Å². The second-order valence-electron chi connectivity index (χ2n) is 5.63. The van der Waals surface area contributed by atoms with Crippen molar-refractivity contribution in [1.82, 2.24) is 4.98 Å². The van der Waals surface area contributed by atoms with E-state index in [1.807, 2.05) is 6.92 Å². The summed E-state index contributed by atoms with van der Waals surface area (Å²) < 4.78 is 18.6. The molecule has 0 saturated carbocycles. The maximum Gasteiger partial charge on any atom is 1.00 e. The minimum atomic E-state index is -0.488. The van der Waals surface area contributed by atoms with E-state index in [-0.39, 0.29) is 68.5 Å². The number of nitrogens with one attached hydrogen (secondary N) is 1. The molecule has 0 spiro atoms. The molecule has 1 aromatic carbocycles. The van der Waals surface area contributed by atoms with Crippen LogP contribution in [0.1, 0.15) is 51.7 Å². The fourth-order valence-corrected chi connectivity index (χ4v) is 1.91. The van der Waals surface area contributed by atoms with Crippen LogP contribution >= 0.6 is 11.6 Å². The first-order chi connectivity index (χ1) is 13.3. The Balaban J connectivity index is 0. The molecule has 4 nitrogen and oxygen atoms in total. The average molecular weight is 444 g/mol. The average Bonchev–Trinajstić information content (AvgIpc) is 2.71. The maximum atomic E-state index is 13.3. The number of hydrogen-bond donors (Lipinski definition) is 1. The van der Waals surface area contributed by atoms with Crippen LogP contribution in [0.25, 0.3) is 0 Å². The van der Waals surface area contributed by atoms with Crippen molar-refractivity contribution in [3.05, 3.63) is 77.3 Å². The van der Waals surface area contributed by atoms with E-state index in [1.54, 1.807) is 44.4 Å². The number of benzene rings is 1. The zero-order valence-electron chi connectivity index (χ0n) is 17.4. The molecule has 0 amide bonds. The SMILES string of the molecule is CCCC(OC(=O)CC)c1ccc(Cl)c(F)c1.[CH-]=C(C)C=N.[K+].[c-]1ccncc1. The Bertz CT molecular complexity index is 703. The number of hydrogen-bond acceptors (Lipinski definition) is 4. The smallest absolute Gasteiger partial charge is 0.457 e. The van der Waals surface area contributed by atoms with Gasteiger partial charge in [-0.2, -0.15) is 18.2 Å². The quantitative estimate of drug-likeness (QED) is 0.323. The van der Waals surface area contributed by atoms with Crippen LogP contribution in [-0.4, -0.2) is 17.2 Å². The van der Waals surface area contributed by atoms with Crippen molar-refractivity contribution in [2.24, 2.45) is 0 Å². The predicted octanol–water partition coefficient (Wildman–Crippen LogP) is 3.17. The number of allylic oxidation sites excluding steroid dienone is 1. The molecule has 0 fully saturated rings. The fraction of sp³-hybridized carbons (Fsp3) is 0.318. The Morgan fingerprint density at radius 3 is 2.31 bits per heavy atom. The predicted molar refractivity (Wildman–Crippen MR) is 111 cm³/mol. The van der Waals surface area contributed by atoms with Crippen LogP contribution in [0.3, 0.4) is 0 Å². The van der Waals surface area contributed by atoms with E-state index in [2.05, 4.69) is 11.1 Å². The normalized spacial score (nSPS) is 9.97. The maximum absolute atomic E-state index is 13.3. The Morgan fingerprint density at radius 1 is 1.38 bits per heavy atom. The van der Waals surface area contributed by atoms with Gasteiger partial charge in [0.1, 0.15) is 11.9 Å². The third-order valence-corrected chi connectivity index (χ3v) is 3.48. The van der Waals surface area contributed by atoms with Crippen molar-refractivity contribution < 1.29 is 65.3 Å². The molecule has 0 aliphatic carbocycles. The Labute approximate surface area is 220 Å². The summed E-state index contributed by atoms with van der Waals surface area (Å²) >= 11 is 5.61. The Kier molecular flexibility index (Phi) is 19.9. The van der Waals surface area contributed by atoms with Crippen molar-refractivity contribution in [2.75, 3.05) is 0 Å². The molecule has 1 heterocycles. The van der Waals surface area contributed by atoms with Gasteiger partial charge in [-0.1, -0.05) is 57.3 Å². The summed E-state index contributed by atoms with van der Waals surface area (Å²) in [7, 11) is 0. The number of rotatable bonds is 6. The number of halogens is 2. The van der Waals surface area contributed by atoms with Crippen LogP contribution in [0.4, 0.5) is 4.39 Å². The fourth-order valence-electron chi connectivity index (χ4n) is 1.79. The summed E-state index contributed by atoms with van der Waals surface area (Å²) in [4.78, 5) is 15.0. The van der Waals surface area contributed by atoms with Crippen molar-refractivity contribution >= 4 is 23.8 Å². The standard InChI is InChI=1S/C13H16ClFO2.C5H4N.C4H6N.K/c1-3-5-12(17-13(16)4-2)9-6-7-10(14)11(15)8-9;1-2-4-6-5-3-1;1-4(2)3-5;/h6-8,12H,3-5H2,1-2H3;2-5H;1,3,5H,2H3;/q;2*-1;+1. The molecule has 1 N–H and O–H groups in total. The molecule has 1 aromatic heterocycles. The third-order valence-electron chi connectivity index (χ3n) is 3.17. The number of carbonyl (C=O) groups excluding carboxylic acids is 1. The van der Waals surface area contributed by atoms with Gasteiger partial charge in [0.05, 0.1) is 5.02 Å². The van der Waals surface area contributed by atoms with Crippen molar-refractivity contribution in [3.8, 4) is 0 Å². The summed E-state index contributed by atoms with van der Waals surface area (Å²) in [5.74, 6) is -0.767. The van der Waals surface area contributed by atoms with Crippen LogP contribution in [0, 0.1) is 23.9 Å². The van der Waals surface area contributed by atoms with Gasteiger partial charge in [0.25, 0.3) is 0 Å². The first-order valence-electron chi connectivity index (χ1n) is 8.85. The van der Waals surface area contributed by atoms with Crippen LogP contribution in [0.5, 0.6) is 0 Å². The van der Waals surface area contributed by atoms with Crippen molar-refractivity contribution in [3.63, 3.8) is 0 Å². The molecule has 2 rings (SSSR count). The molecule has 1 atom stereocenters. The summed E-state index contributed by atoms with van der Waals surface area (Å²) in [5.41, 5.74) is 1.19. The van der Waals surface area contributed by atoms with Crippen molar-refractivity contribution in [1.29, 1.82) is 5.41 Å². The Hall–Kier alpha value is -0.894. The summed E-state index contributed by atoms with van der Waals surface area (Å²) in [5, 5.41) is 6.45. The molecular weight excluding hydrogens is 418 g/mol. The molecule has 0 radical (unpaired) electrons. The van der Waals surface area contributed by atoms with E-state index in [9.17, 15) is 9.18 Å². The summed E-state index contributed by atoms with van der Waals surface area (Å²) in [6.07, 6.45) is 5.95.